The third-order valence-corrected chi connectivity index (χ3v) is 4.61. The molecule has 2 unspecified atom stereocenters. The van der Waals surface area contributed by atoms with Crippen LogP contribution in [0.15, 0.2) is 18.3 Å². The predicted molar refractivity (Wildman–Crippen MR) is 73.5 cm³/mol. The maximum Gasteiger partial charge on any atom is 0.335 e. The molecule has 1 saturated carbocycles. The van der Waals surface area contributed by atoms with Crippen molar-refractivity contribution >= 4 is 11.8 Å². The van der Waals surface area contributed by atoms with E-state index in [1.165, 1.54) is 32.1 Å². The van der Waals surface area contributed by atoms with Crippen molar-refractivity contribution in [1.29, 1.82) is 0 Å². The Morgan fingerprint density at radius 2 is 2.05 bits per heavy atom. The Morgan fingerprint density at radius 3 is 2.84 bits per heavy atom. The Bertz CT molecular complexity index is 475. The Labute approximate surface area is 113 Å². The van der Waals surface area contributed by atoms with Crippen LogP contribution >= 0.6 is 0 Å². The van der Waals surface area contributed by atoms with E-state index in [-0.39, 0.29) is 0 Å². The van der Waals surface area contributed by atoms with Gasteiger partial charge in [-0.05, 0) is 36.8 Å². The first-order valence-corrected chi connectivity index (χ1v) is 7.18. The van der Waals surface area contributed by atoms with Crippen LogP contribution in [0, 0.1) is 11.8 Å². The zero-order chi connectivity index (χ0) is 13.2. The molecule has 0 amide bonds. The van der Waals surface area contributed by atoms with Gasteiger partial charge >= 0.3 is 5.97 Å². The fourth-order valence-electron chi connectivity index (χ4n) is 3.53. The zero-order valence-corrected chi connectivity index (χ0v) is 11.1. The monoisotopic (exact) mass is 260 g/mol. The van der Waals surface area contributed by atoms with E-state index in [9.17, 15) is 4.79 Å². The first kappa shape index (κ1) is 12.5. The lowest BCUT2D eigenvalue weighted by Crippen LogP contribution is -2.42. The van der Waals surface area contributed by atoms with Crippen molar-refractivity contribution in [3.8, 4) is 0 Å². The fourth-order valence-corrected chi connectivity index (χ4v) is 3.53. The Morgan fingerprint density at radius 1 is 1.26 bits per heavy atom. The molecule has 2 atom stereocenters. The molecule has 1 aliphatic heterocycles. The summed E-state index contributed by atoms with van der Waals surface area (Å²) >= 11 is 0. The van der Waals surface area contributed by atoms with Gasteiger partial charge in [0.2, 0.25) is 0 Å². The molecule has 4 nitrogen and oxygen atoms in total. The summed E-state index contributed by atoms with van der Waals surface area (Å²) in [5, 5.41) is 9.05. The van der Waals surface area contributed by atoms with E-state index in [4.69, 9.17) is 5.11 Å². The van der Waals surface area contributed by atoms with Gasteiger partial charge < -0.3 is 10.0 Å². The van der Waals surface area contributed by atoms with Crippen molar-refractivity contribution in [3.63, 3.8) is 0 Å². The van der Waals surface area contributed by atoms with E-state index in [1.807, 2.05) is 0 Å². The summed E-state index contributed by atoms with van der Waals surface area (Å²) in [5.74, 6) is 1.60. The Kier molecular flexibility index (Phi) is 3.40. The van der Waals surface area contributed by atoms with Gasteiger partial charge in [0.25, 0.3) is 0 Å². The minimum Gasteiger partial charge on any atom is -0.478 e. The minimum absolute atomic E-state index is 0.329. The third kappa shape index (κ3) is 2.57. The smallest absolute Gasteiger partial charge is 0.335 e. The van der Waals surface area contributed by atoms with Crippen LogP contribution in [-0.2, 0) is 0 Å². The van der Waals surface area contributed by atoms with Gasteiger partial charge in [0.1, 0.15) is 5.82 Å². The van der Waals surface area contributed by atoms with Gasteiger partial charge in [-0.25, -0.2) is 9.78 Å². The highest BCUT2D eigenvalue weighted by atomic mass is 16.4. The van der Waals surface area contributed by atoms with Crippen LogP contribution in [0.5, 0.6) is 0 Å². The molecule has 4 heteroatoms. The molecule has 1 aromatic heterocycles. The zero-order valence-electron chi connectivity index (χ0n) is 11.1. The van der Waals surface area contributed by atoms with E-state index < -0.39 is 5.97 Å². The summed E-state index contributed by atoms with van der Waals surface area (Å²) in [5.41, 5.74) is 0.329. The van der Waals surface area contributed by atoms with Gasteiger partial charge in [0.05, 0.1) is 5.56 Å². The molecule has 1 aromatic rings. The number of anilines is 1. The number of aromatic nitrogens is 1. The Hall–Kier alpha value is -1.58. The molecular formula is C15H20N2O2. The highest BCUT2D eigenvalue weighted by molar-refractivity contribution is 5.88. The molecule has 19 heavy (non-hydrogen) atoms. The summed E-state index contributed by atoms with van der Waals surface area (Å²) < 4.78 is 0. The van der Waals surface area contributed by atoms with Crippen LogP contribution in [-0.4, -0.2) is 29.1 Å². The number of piperidine rings is 1. The number of hydrogen-bond donors (Lipinski definition) is 1. The van der Waals surface area contributed by atoms with Crippen molar-refractivity contribution in [1.82, 2.24) is 4.98 Å². The number of rotatable bonds is 2. The Balaban J connectivity index is 1.75. The van der Waals surface area contributed by atoms with Crippen LogP contribution < -0.4 is 4.90 Å². The molecule has 2 heterocycles. The molecule has 2 aliphatic rings. The van der Waals surface area contributed by atoms with E-state index in [0.29, 0.717) is 5.56 Å². The second-order valence-corrected chi connectivity index (χ2v) is 5.75. The van der Waals surface area contributed by atoms with Gasteiger partial charge in [-0.1, -0.05) is 19.3 Å². The van der Waals surface area contributed by atoms with E-state index in [1.54, 1.807) is 18.3 Å². The number of pyridine rings is 1. The maximum atomic E-state index is 11.0. The molecule has 1 saturated heterocycles. The molecule has 3 rings (SSSR count). The standard InChI is InChI=1S/C15H20N2O2/c18-15(19)12-5-7-16-14(9-12)17-8-6-11-3-1-2-4-13(11)10-17/h5,7,9,11,13H,1-4,6,8,10H2,(H,18,19). The number of hydrogen-bond acceptors (Lipinski definition) is 3. The molecular weight excluding hydrogens is 240 g/mol. The number of fused-ring (bicyclic) bond motifs is 1. The molecule has 2 fully saturated rings. The third-order valence-electron chi connectivity index (χ3n) is 4.61. The summed E-state index contributed by atoms with van der Waals surface area (Å²) in [6, 6.07) is 3.25. The molecule has 1 aliphatic carbocycles. The maximum absolute atomic E-state index is 11.0. The highest BCUT2D eigenvalue weighted by Gasteiger charge is 2.31. The molecule has 0 spiro atoms. The van der Waals surface area contributed by atoms with E-state index in [0.717, 1.165) is 30.7 Å². The van der Waals surface area contributed by atoms with E-state index in [2.05, 4.69) is 9.88 Å². The lowest BCUT2D eigenvalue weighted by Gasteiger charge is -2.41. The average molecular weight is 260 g/mol. The van der Waals surface area contributed by atoms with Gasteiger partial charge in [-0.3, -0.25) is 0 Å². The predicted octanol–water partition coefficient (Wildman–Crippen LogP) is 2.80. The first-order valence-electron chi connectivity index (χ1n) is 7.18. The van der Waals surface area contributed by atoms with Gasteiger partial charge in [-0.15, -0.1) is 0 Å². The van der Waals surface area contributed by atoms with Gasteiger partial charge in [-0.2, -0.15) is 0 Å². The van der Waals surface area contributed by atoms with Gasteiger partial charge in [0, 0.05) is 19.3 Å². The fraction of sp³-hybridized carbons (Fsp3) is 0.600. The second-order valence-electron chi connectivity index (χ2n) is 5.75. The number of carbonyl (C=O) groups is 1. The van der Waals surface area contributed by atoms with Crippen LogP contribution in [0.25, 0.3) is 0 Å². The lowest BCUT2D eigenvalue weighted by atomic mass is 9.75. The highest BCUT2D eigenvalue weighted by Crippen LogP contribution is 2.37. The largest absolute Gasteiger partial charge is 0.478 e. The minimum atomic E-state index is -0.879. The molecule has 0 radical (unpaired) electrons. The lowest BCUT2D eigenvalue weighted by molar-refractivity contribution is 0.0696. The second kappa shape index (κ2) is 5.19. The molecule has 0 aromatic carbocycles. The van der Waals surface area contributed by atoms with Crippen LogP contribution in [0.2, 0.25) is 0 Å². The summed E-state index contributed by atoms with van der Waals surface area (Å²) in [7, 11) is 0. The van der Waals surface area contributed by atoms with Crippen LogP contribution in [0.1, 0.15) is 42.5 Å². The summed E-state index contributed by atoms with van der Waals surface area (Å²) in [6.45, 7) is 2.05. The van der Waals surface area contributed by atoms with E-state index >= 15 is 0 Å². The van der Waals surface area contributed by atoms with Crippen molar-refractivity contribution < 1.29 is 9.90 Å². The van der Waals surface area contributed by atoms with Crippen LogP contribution in [0.3, 0.4) is 0 Å². The van der Waals surface area contributed by atoms with Crippen LogP contribution in [0.4, 0.5) is 5.82 Å². The number of carboxylic acid groups (broad SMARTS) is 1. The van der Waals surface area contributed by atoms with Crippen molar-refractivity contribution in [2.45, 2.75) is 32.1 Å². The normalized spacial score (nSPS) is 26.8. The number of aromatic carboxylic acids is 1. The quantitative estimate of drug-likeness (QED) is 0.888. The molecule has 102 valence electrons. The SMILES string of the molecule is O=C(O)c1ccnc(N2CCC3CCCCC3C2)c1. The molecule has 1 N–H and O–H groups in total. The number of nitrogens with zero attached hydrogens (tertiary/aromatic N) is 2. The summed E-state index contributed by atoms with van der Waals surface area (Å²) in [4.78, 5) is 17.6. The van der Waals surface area contributed by atoms with Crippen molar-refractivity contribution in [2.24, 2.45) is 11.8 Å². The van der Waals surface area contributed by atoms with Gasteiger partial charge in [0.15, 0.2) is 0 Å². The average Bonchev–Trinajstić information content (AvgIpc) is 2.47. The first-order chi connectivity index (χ1) is 9.24. The number of carboxylic acids is 1. The molecule has 0 bridgehead atoms. The topological polar surface area (TPSA) is 53.4 Å². The van der Waals surface area contributed by atoms with Crippen molar-refractivity contribution in [2.75, 3.05) is 18.0 Å². The summed E-state index contributed by atoms with van der Waals surface area (Å²) in [6.07, 6.45) is 8.25. The van der Waals surface area contributed by atoms with Crippen molar-refractivity contribution in [3.05, 3.63) is 23.9 Å².